The summed E-state index contributed by atoms with van der Waals surface area (Å²) in [5.41, 5.74) is 2.01. The van der Waals surface area contributed by atoms with Gasteiger partial charge >= 0.3 is 0 Å². The van der Waals surface area contributed by atoms with Crippen molar-refractivity contribution in [2.75, 3.05) is 26.7 Å². The molecule has 1 atom stereocenters. The number of nitrogens with zero attached hydrogens (tertiary/aromatic N) is 1. The summed E-state index contributed by atoms with van der Waals surface area (Å²) in [5, 5.41) is 2.56. The molecule has 2 amide bonds. The zero-order valence-electron chi connectivity index (χ0n) is 12.9. The molecule has 1 aliphatic carbocycles. The quantitative estimate of drug-likeness (QED) is 0.921. The van der Waals surface area contributed by atoms with Crippen LogP contribution in [0.5, 0.6) is 0 Å². The third-order valence-electron chi connectivity index (χ3n) is 4.63. The number of morpholine rings is 1. The van der Waals surface area contributed by atoms with Gasteiger partial charge < -0.3 is 15.0 Å². The summed E-state index contributed by atoms with van der Waals surface area (Å²) >= 11 is 0. The molecule has 22 heavy (non-hydrogen) atoms. The van der Waals surface area contributed by atoms with Gasteiger partial charge in [0.05, 0.1) is 13.2 Å². The van der Waals surface area contributed by atoms with Gasteiger partial charge in [-0.15, -0.1) is 0 Å². The van der Waals surface area contributed by atoms with Crippen molar-refractivity contribution < 1.29 is 14.3 Å². The Morgan fingerprint density at radius 2 is 1.95 bits per heavy atom. The molecule has 2 fully saturated rings. The third kappa shape index (κ3) is 2.99. The van der Waals surface area contributed by atoms with Gasteiger partial charge in [-0.2, -0.15) is 0 Å². The first-order valence-corrected chi connectivity index (χ1v) is 7.91. The molecule has 0 radical (unpaired) electrons. The SMILES string of the molecule is CNC(=O)C1CN(C(=O)c2ccc(C3CCC3)cc2)CCO1. The Bertz CT molecular complexity index is 552. The highest BCUT2D eigenvalue weighted by Crippen LogP contribution is 2.36. The highest BCUT2D eigenvalue weighted by atomic mass is 16.5. The van der Waals surface area contributed by atoms with E-state index >= 15 is 0 Å². The fourth-order valence-corrected chi connectivity index (χ4v) is 2.98. The van der Waals surface area contributed by atoms with Crippen molar-refractivity contribution in [3.05, 3.63) is 35.4 Å². The lowest BCUT2D eigenvalue weighted by atomic mass is 9.80. The van der Waals surface area contributed by atoms with Gasteiger partial charge in [0.25, 0.3) is 11.8 Å². The molecule has 1 heterocycles. The summed E-state index contributed by atoms with van der Waals surface area (Å²) < 4.78 is 5.41. The van der Waals surface area contributed by atoms with Crippen LogP contribution in [0.15, 0.2) is 24.3 Å². The van der Waals surface area contributed by atoms with E-state index in [-0.39, 0.29) is 11.8 Å². The van der Waals surface area contributed by atoms with E-state index in [9.17, 15) is 9.59 Å². The van der Waals surface area contributed by atoms with E-state index in [0.717, 1.165) is 0 Å². The van der Waals surface area contributed by atoms with E-state index in [0.29, 0.717) is 31.2 Å². The van der Waals surface area contributed by atoms with Crippen LogP contribution < -0.4 is 5.32 Å². The maximum Gasteiger partial charge on any atom is 0.254 e. The molecule has 1 unspecified atom stereocenters. The maximum absolute atomic E-state index is 12.6. The van der Waals surface area contributed by atoms with Gasteiger partial charge in [0, 0.05) is 19.2 Å². The van der Waals surface area contributed by atoms with E-state index in [1.54, 1.807) is 11.9 Å². The molecule has 1 aromatic carbocycles. The summed E-state index contributed by atoms with van der Waals surface area (Å²) in [6.45, 7) is 1.23. The van der Waals surface area contributed by atoms with Gasteiger partial charge in [0.1, 0.15) is 0 Å². The lowest BCUT2D eigenvalue weighted by molar-refractivity contribution is -0.136. The molecule has 0 spiro atoms. The van der Waals surface area contributed by atoms with Crippen LogP contribution in [-0.2, 0) is 9.53 Å². The highest BCUT2D eigenvalue weighted by Gasteiger charge is 2.29. The van der Waals surface area contributed by atoms with Crippen LogP contribution in [0.2, 0.25) is 0 Å². The predicted octanol–water partition coefficient (Wildman–Crippen LogP) is 1.54. The second-order valence-electron chi connectivity index (χ2n) is 5.97. The number of amides is 2. The van der Waals surface area contributed by atoms with E-state index in [1.807, 2.05) is 12.1 Å². The normalized spacial score (nSPS) is 22.0. The zero-order valence-corrected chi connectivity index (χ0v) is 12.9. The number of nitrogens with one attached hydrogen (secondary N) is 1. The molecule has 1 saturated heterocycles. The number of likely N-dealkylation sites (N-methyl/N-ethyl adjacent to an activating group) is 1. The van der Waals surface area contributed by atoms with Crippen molar-refractivity contribution in [2.24, 2.45) is 0 Å². The summed E-state index contributed by atoms with van der Waals surface area (Å²) in [4.78, 5) is 25.9. The lowest BCUT2D eigenvalue weighted by Gasteiger charge is -2.32. The molecule has 1 aliphatic heterocycles. The van der Waals surface area contributed by atoms with Crippen molar-refractivity contribution in [1.29, 1.82) is 0 Å². The van der Waals surface area contributed by atoms with Crippen molar-refractivity contribution in [3.8, 4) is 0 Å². The van der Waals surface area contributed by atoms with Gasteiger partial charge in [-0.1, -0.05) is 18.6 Å². The molecule has 0 aromatic heterocycles. The molecular weight excluding hydrogens is 280 g/mol. The molecule has 2 aliphatic rings. The van der Waals surface area contributed by atoms with Crippen LogP contribution in [0.25, 0.3) is 0 Å². The van der Waals surface area contributed by atoms with Crippen LogP contribution in [0.4, 0.5) is 0 Å². The fourth-order valence-electron chi connectivity index (χ4n) is 2.98. The van der Waals surface area contributed by atoms with Gasteiger partial charge in [0.2, 0.25) is 0 Å². The average molecular weight is 302 g/mol. The second-order valence-corrected chi connectivity index (χ2v) is 5.97. The number of rotatable bonds is 3. The van der Waals surface area contributed by atoms with Crippen molar-refractivity contribution in [1.82, 2.24) is 10.2 Å². The van der Waals surface area contributed by atoms with E-state index in [1.165, 1.54) is 24.8 Å². The Labute approximate surface area is 130 Å². The van der Waals surface area contributed by atoms with Crippen molar-refractivity contribution >= 4 is 11.8 Å². The number of benzene rings is 1. The molecule has 1 saturated carbocycles. The minimum atomic E-state index is -0.572. The largest absolute Gasteiger partial charge is 0.365 e. The van der Waals surface area contributed by atoms with Crippen LogP contribution >= 0.6 is 0 Å². The summed E-state index contributed by atoms with van der Waals surface area (Å²) in [6.07, 6.45) is 3.24. The monoisotopic (exact) mass is 302 g/mol. The molecule has 5 nitrogen and oxygen atoms in total. The number of carbonyl (C=O) groups excluding carboxylic acids is 2. The Morgan fingerprint density at radius 3 is 2.55 bits per heavy atom. The Hall–Kier alpha value is -1.88. The van der Waals surface area contributed by atoms with Gasteiger partial charge in [-0.25, -0.2) is 0 Å². The molecule has 0 bridgehead atoms. The number of hydrogen-bond donors (Lipinski definition) is 1. The number of hydrogen-bond acceptors (Lipinski definition) is 3. The highest BCUT2D eigenvalue weighted by molar-refractivity contribution is 5.95. The van der Waals surface area contributed by atoms with E-state index in [2.05, 4.69) is 17.4 Å². The van der Waals surface area contributed by atoms with E-state index < -0.39 is 6.10 Å². The van der Waals surface area contributed by atoms with Crippen LogP contribution in [0.3, 0.4) is 0 Å². The molecule has 1 aromatic rings. The van der Waals surface area contributed by atoms with Crippen molar-refractivity contribution in [2.45, 2.75) is 31.3 Å². The van der Waals surface area contributed by atoms with Gasteiger partial charge in [-0.3, -0.25) is 9.59 Å². The minimum absolute atomic E-state index is 0.0302. The van der Waals surface area contributed by atoms with Crippen molar-refractivity contribution in [3.63, 3.8) is 0 Å². The first kappa shape index (κ1) is 15.0. The second kappa shape index (κ2) is 6.48. The van der Waals surface area contributed by atoms with Gasteiger partial charge in [-0.05, 0) is 36.5 Å². The predicted molar refractivity (Wildman–Crippen MR) is 82.7 cm³/mol. The van der Waals surface area contributed by atoms with E-state index in [4.69, 9.17) is 4.74 Å². The van der Waals surface area contributed by atoms with Crippen LogP contribution in [0, 0.1) is 0 Å². The molecular formula is C17H22N2O3. The van der Waals surface area contributed by atoms with Crippen LogP contribution in [-0.4, -0.2) is 49.6 Å². The molecule has 3 rings (SSSR count). The Morgan fingerprint density at radius 1 is 1.23 bits per heavy atom. The Balaban J connectivity index is 1.66. The first-order chi connectivity index (χ1) is 10.7. The lowest BCUT2D eigenvalue weighted by Crippen LogP contribution is -2.51. The smallest absolute Gasteiger partial charge is 0.254 e. The number of ether oxygens (including phenoxy) is 1. The topological polar surface area (TPSA) is 58.6 Å². The third-order valence-corrected chi connectivity index (χ3v) is 4.63. The van der Waals surface area contributed by atoms with Gasteiger partial charge in [0.15, 0.2) is 6.10 Å². The molecule has 118 valence electrons. The summed E-state index contributed by atoms with van der Waals surface area (Å²) in [6, 6.07) is 7.93. The average Bonchev–Trinajstić information content (AvgIpc) is 2.52. The summed E-state index contributed by atoms with van der Waals surface area (Å²) in [5.74, 6) is 0.459. The Kier molecular flexibility index (Phi) is 4.43. The zero-order chi connectivity index (χ0) is 15.5. The fraction of sp³-hybridized carbons (Fsp3) is 0.529. The number of carbonyl (C=O) groups is 2. The standard InChI is InChI=1S/C17H22N2O3/c1-18-16(20)15-11-19(9-10-22-15)17(21)14-7-5-13(6-8-14)12-3-2-4-12/h5-8,12,15H,2-4,9-11H2,1H3,(H,18,20). The minimum Gasteiger partial charge on any atom is -0.365 e. The molecule has 5 heteroatoms. The summed E-state index contributed by atoms with van der Waals surface area (Å²) in [7, 11) is 1.58. The molecule has 1 N–H and O–H groups in total. The maximum atomic E-state index is 12.6. The van der Waals surface area contributed by atoms with Crippen LogP contribution in [0.1, 0.15) is 41.1 Å². The first-order valence-electron chi connectivity index (χ1n) is 7.91.